The Morgan fingerprint density at radius 3 is 2.94 bits per heavy atom. The fraction of sp³-hybridized carbons (Fsp3) is 0.455. The zero-order valence-electron chi connectivity index (χ0n) is 9.67. The van der Waals surface area contributed by atoms with Gasteiger partial charge in [-0.25, -0.2) is 0 Å². The van der Waals surface area contributed by atoms with Gasteiger partial charge in [-0.3, -0.25) is 9.36 Å². The van der Waals surface area contributed by atoms with Crippen molar-refractivity contribution in [2.45, 2.75) is 32.9 Å². The summed E-state index contributed by atoms with van der Waals surface area (Å²) >= 11 is 0. The first-order chi connectivity index (χ1) is 7.69. The number of hydrogen-bond donors (Lipinski definition) is 1. The Bertz CT molecular complexity index is 456. The SMILES string of the molecule is CCC(C)n1ccc(Cn2cc(N)cn2)n1. The highest BCUT2D eigenvalue weighted by molar-refractivity contribution is 5.30. The van der Waals surface area contributed by atoms with Gasteiger partial charge < -0.3 is 5.73 Å². The minimum atomic E-state index is 0.441. The maximum absolute atomic E-state index is 5.60. The zero-order chi connectivity index (χ0) is 11.5. The molecule has 2 N–H and O–H groups in total. The Morgan fingerprint density at radius 1 is 1.50 bits per heavy atom. The topological polar surface area (TPSA) is 61.7 Å². The lowest BCUT2D eigenvalue weighted by molar-refractivity contribution is 0.471. The largest absolute Gasteiger partial charge is 0.396 e. The summed E-state index contributed by atoms with van der Waals surface area (Å²) in [5.41, 5.74) is 7.28. The quantitative estimate of drug-likeness (QED) is 0.851. The molecule has 0 aromatic carbocycles. The first-order valence-electron chi connectivity index (χ1n) is 5.51. The summed E-state index contributed by atoms with van der Waals surface area (Å²) in [5, 5.41) is 8.63. The van der Waals surface area contributed by atoms with Gasteiger partial charge in [-0.2, -0.15) is 10.2 Å². The third kappa shape index (κ3) is 2.24. The van der Waals surface area contributed by atoms with Crippen LogP contribution in [0.25, 0.3) is 0 Å². The van der Waals surface area contributed by atoms with Crippen LogP contribution in [-0.4, -0.2) is 19.6 Å². The smallest absolute Gasteiger partial charge is 0.0850 e. The minimum Gasteiger partial charge on any atom is -0.396 e. The fourth-order valence-corrected chi connectivity index (χ4v) is 1.53. The Kier molecular flexibility index (Phi) is 2.94. The molecule has 2 aromatic heterocycles. The van der Waals surface area contributed by atoms with E-state index in [2.05, 4.69) is 24.0 Å². The molecule has 0 amide bonds. The van der Waals surface area contributed by atoms with E-state index >= 15 is 0 Å². The minimum absolute atomic E-state index is 0.441. The van der Waals surface area contributed by atoms with Crippen LogP contribution in [0, 0.1) is 0 Å². The van der Waals surface area contributed by atoms with Gasteiger partial charge in [0.25, 0.3) is 0 Å². The molecule has 2 rings (SSSR count). The van der Waals surface area contributed by atoms with Crippen molar-refractivity contribution in [1.82, 2.24) is 19.6 Å². The van der Waals surface area contributed by atoms with Crippen molar-refractivity contribution in [3.05, 3.63) is 30.4 Å². The number of aromatic nitrogens is 4. The molecule has 0 aliphatic rings. The number of anilines is 1. The molecular formula is C11H17N5. The van der Waals surface area contributed by atoms with Gasteiger partial charge in [0, 0.05) is 18.4 Å². The van der Waals surface area contributed by atoms with Crippen molar-refractivity contribution in [3.63, 3.8) is 0 Å². The van der Waals surface area contributed by atoms with Gasteiger partial charge >= 0.3 is 0 Å². The average molecular weight is 219 g/mol. The summed E-state index contributed by atoms with van der Waals surface area (Å²) in [6.45, 7) is 4.98. The predicted octanol–water partition coefficient (Wildman–Crippen LogP) is 1.68. The highest BCUT2D eigenvalue weighted by atomic mass is 15.3. The zero-order valence-corrected chi connectivity index (χ0v) is 9.67. The highest BCUT2D eigenvalue weighted by Gasteiger charge is 2.05. The van der Waals surface area contributed by atoms with E-state index in [1.54, 1.807) is 10.9 Å². The molecule has 0 radical (unpaired) electrons. The molecule has 0 saturated heterocycles. The van der Waals surface area contributed by atoms with Crippen LogP contribution in [-0.2, 0) is 6.54 Å². The summed E-state index contributed by atoms with van der Waals surface area (Å²) in [5.74, 6) is 0. The summed E-state index contributed by atoms with van der Waals surface area (Å²) in [7, 11) is 0. The lowest BCUT2D eigenvalue weighted by atomic mass is 10.3. The number of nitrogen functional groups attached to an aromatic ring is 1. The maximum atomic E-state index is 5.60. The molecule has 5 nitrogen and oxygen atoms in total. The summed E-state index contributed by atoms with van der Waals surface area (Å²) in [6, 6.07) is 2.46. The molecule has 1 unspecified atom stereocenters. The van der Waals surface area contributed by atoms with Crippen LogP contribution in [0.5, 0.6) is 0 Å². The molecular weight excluding hydrogens is 202 g/mol. The molecule has 0 saturated carbocycles. The number of hydrogen-bond acceptors (Lipinski definition) is 3. The van der Waals surface area contributed by atoms with Crippen LogP contribution >= 0.6 is 0 Å². The van der Waals surface area contributed by atoms with E-state index in [9.17, 15) is 0 Å². The van der Waals surface area contributed by atoms with E-state index in [0.29, 0.717) is 18.3 Å². The third-order valence-electron chi connectivity index (χ3n) is 2.68. The molecule has 2 aromatic rings. The van der Waals surface area contributed by atoms with Crippen LogP contribution < -0.4 is 5.73 Å². The normalized spacial score (nSPS) is 12.9. The van der Waals surface area contributed by atoms with Gasteiger partial charge in [-0.15, -0.1) is 0 Å². The third-order valence-corrected chi connectivity index (χ3v) is 2.68. The van der Waals surface area contributed by atoms with Crippen LogP contribution in [0.4, 0.5) is 5.69 Å². The number of rotatable bonds is 4. The van der Waals surface area contributed by atoms with E-state index in [1.165, 1.54) is 0 Å². The van der Waals surface area contributed by atoms with Crippen molar-refractivity contribution < 1.29 is 0 Å². The Hall–Kier alpha value is -1.78. The van der Waals surface area contributed by atoms with Crippen LogP contribution in [0.1, 0.15) is 32.0 Å². The Balaban J connectivity index is 2.08. The fourth-order valence-electron chi connectivity index (χ4n) is 1.53. The van der Waals surface area contributed by atoms with Crippen molar-refractivity contribution in [1.29, 1.82) is 0 Å². The maximum Gasteiger partial charge on any atom is 0.0850 e. The van der Waals surface area contributed by atoms with E-state index in [4.69, 9.17) is 5.73 Å². The van der Waals surface area contributed by atoms with Crippen molar-refractivity contribution in [2.75, 3.05) is 5.73 Å². The molecule has 16 heavy (non-hydrogen) atoms. The first-order valence-corrected chi connectivity index (χ1v) is 5.51. The highest BCUT2D eigenvalue weighted by Crippen LogP contribution is 2.10. The summed E-state index contributed by atoms with van der Waals surface area (Å²) in [6.07, 6.45) is 6.54. The predicted molar refractivity (Wildman–Crippen MR) is 63.0 cm³/mol. The first kappa shape index (κ1) is 10.7. The van der Waals surface area contributed by atoms with Gasteiger partial charge in [0.15, 0.2) is 0 Å². The van der Waals surface area contributed by atoms with Gasteiger partial charge in [-0.1, -0.05) is 6.92 Å². The standard InChI is InChI=1S/C11H17N5/c1-3-9(2)16-5-4-11(14-16)8-15-7-10(12)6-13-15/h4-7,9H,3,8,12H2,1-2H3. The Morgan fingerprint density at radius 2 is 2.31 bits per heavy atom. The second-order valence-electron chi connectivity index (χ2n) is 4.02. The van der Waals surface area contributed by atoms with Gasteiger partial charge in [-0.05, 0) is 19.4 Å². The van der Waals surface area contributed by atoms with Crippen LogP contribution in [0.3, 0.4) is 0 Å². The lowest BCUT2D eigenvalue weighted by Crippen LogP contribution is -2.06. The molecule has 0 aliphatic heterocycles. The van der Waals surface area contributed by atoms with Crippen molar-refractivity contribution in [3.8, 4) is 0 Å². The van der Waals surface area contributed by atoms with E-state index < -0.39 is 0 Å². The average Bonchev–Trinajstić information content (AvgIpc) is 2.87. The number of nitrogens with two attached hydrogens (primary N) is 1. The number of nitrogens with zero attached hydrogens (tertiary/aromatic N) is 4. The molecule has 1 atom stereocenters. The van der Waals surface area contributed by atoms with Crippen LogP contribution in [0.15, 0.2) is 24.7 Å². The lowest BCUT2D eigenvalue weighted by Gasteiger charge is -2.08. The second kappa shape index (κ2) is 4.38. The van der Waals surface area contributed by atoms with Gasteiger partial charge in [0.1, 0.15) is 0 Å². The van der Waals surface area contributed by atoms with E-state index in [1.807, 2.05) is 23.1 Å². The second-order valence-corrected chi connectivity index (χ2v) is 4.02. The molecule has 0 fully saturated rings. The summed E-state index contributed by atoms with van der Waals surface area (Å²) in [4.78, 5) is 0. The van der Waals surface area contributed by atoms with E-state index in [-0.39, 0.29) is 0 Å². The van der Waals surface area contributed by atoms with E-state index in [0.717, 1.165) is 12.1 Å². The van der Waals surface area contributed by atoms with Crippen LogP contribution in [0.2, 0.25) is 0 Å². The van der Waals surface area contributed by atoms with Gasteiger partial charge in [0.2, 0.25) is 0 Å². The molecule has 2 heterocycles. The monoisotopic (exact) mass is 219 g/mol. The Labute approximate surface area is 94.9 Å². The van der Waals surface area contributed by atoms with Gasteiger partial charge in [0.05, 0.1) is 24.1 Å². The summed E-state index contributed by atoms with van der Waals surface area (Å²) < 4.78 is 3.78. The molecule has 0 bridgehead atoms. The molecule has 5 heteroatoms. The van der Waals surface area contributed by atoms with Crippen molar-refractivity contribution in [2.24, 2.45) is 0 Å². The van der Waals surface area contributed by atoms with Crippen molar-refractivity contribution >= 4 is 5.69 Å². The molecule has 0 aliphatic carbocycles. The molecule has 0 spiro atoms. The molecule has 86 valence electrons.